The van der Waals surface area contributed by atoms with Crippen molar-refractivity contribution in [1.29, 1.82) is 0 Å². The number of likely N-dealkylation sites (N-methyl/N-ethyl adjacent to an activating group) is 1. The quantitative estimate of drug-likeness (QED) is 0.780. The van der Waals surface area contributed by atoms with Gasteiger partial charge in [0.2, 0.25) is 0 Å². The van der Waals surface area contributed by atoms with Crippen molar-refractivity contribution in [2.75, 3.05) is 44.4 Å². The number of nitrogens with zero attached hydrogens (tertiary/aromatic N) is 2. The van der Waals surface area contributed by atoms with E-state index in [2.05, 4.69) is 20.5 Å². The number of amides is 1. The molecule has 0 saturated heterocycles. The molecule has 2 N–H and O–H groups in total. The van der Waals surface area contributed by atoms with Gasteiger partial charge < -0.3 is 20.3 Å². The Bertz CT molecular complexity index is 639. The van der Waals surface area contributed by atoms with E-state index in [9.17, 15) is 4.79 Å². The van der Waals surface area contributed by atoms with Gasteiger partial charge in [-0.15, -0.1) is 0 Å². The van der Waals surface area contributed by atoms with Gasteiger partial charge in [0.05, 0.1) is 12.2 Å². The standard InChI is InChI=1S/C18H24N4O2/c1-4-24-16-8-6-15(7-9-16)21-18(23)14-5-10-17(20-13-14)19-11-12-22(2)3/h5-10,13H,4,11-12H2,1-3H3,(H,19,20)(H,21,23). The van der Waals surface area contributed by atoms with E-state index in [-0.39, 0.29) is 5.91 Å². The lowest BCUT2D eigenvalue weighted by molar-refractivity contribution is 0.102. The van der Waals surface area contributed by atoms with E-state index in [1.807, 2.05) is 51.4 Å². The molecule has 0 atom stereocenters. The first-order chi connectivity index (χ1) is 11.6. The third kappa shape index (κ3) is 5.55. The van der Waals surface area contributed by atoms with E-state index in [4.69, 9.17) is 4.74 Å². The number of ether oxygens (including phenoxy) is 1. The van der Waals surface area contributed by atoms with Crippen LogP contribution >= 0.6 is 0 Å². The highest BCUT2D eigenvalue weighted by Gasteiger charge is 2.07. The predicted molar refractivity (Wildman–Crippen MR) is 96.8 cm³/mol. The highest BCUT2D eigenvalue weighted by Crippen LogP contribution is 2.16. The van der Waals surface area contributed by atoms with Crippen molar-refractivity contribution in [3.05, 3.63) is 48.2 Å². The fraction of sp³-hybridized carbons (Fsp3) is 0.333. The zero-order valence-electron chi connectivity index (χ0n) is 14.4. The number of pyridine rings is 1. The first kappa shape index (κ1) is 17.7. The highest BCUT2D eigenvalue weighted by atomic mass is 16.5. The van der Waals surface area contributed by atoms with Crippen molar-refractivity contribution >= 4 is 17.4 Å². The Morgan fingerprint density at radius 1 is 1.17 bits per heavy atom. The summed E-state index contributed by atoms with van der Waals surface area (Å²) < 4.78 is 5.38. The van der Waals surface area contributed by atoms with Gasteiger partial charge in [-0.05, 0) is 57.4 Å². The van der Waals surface area contributed by atoms with E-state index in [1.165, 1.54) is 0 Å². The number of benzene rings is 1. The zero-order valence-corrected chi connectivity index (χ0v) is 14.4. The van der Waals surface area contributed by atoms with E-state index in [0.29, 0.717) is 12.2 Å². The van der Waals surface area contributed by atoms with Crippen LogP contribution in [0.1, 0.15) is 17.3 Å². The summed E-state index contributed by atoms with van der Waals surface area (Å²) in [6.45, 7) is 4.27. The Kier molecular flexibility index (Phi) is 6.57. The number of hydrogen-bond donors (Lipinski definition) is 2. The molecule has 1 aromatic carbocycles. The Morgan fingerprint density at radius 3 is 2.50 bits per heavy atom. The van der Waals surface area contributed by atoms with E-state index in [0.717, 1.165) is 30.3 Å². The number of nitrogens with one attached hydrogen (secondary N) is 2. The number of carbonyl (C=O) groups is 1. The van der Waals surface area contributed by atoms with Crippen LogP contribution in [0, 0.1) is 0 Å². The van der Waals surface area contributed by atoms with Crippen molar-refractivity contribution < 1.29 is 9.53 Å². The monoisotopic (exact) mass is 328 g/mol. The van der Waals surface area contributed by atoms with Crippen LogP contribution in [0.15, 0.2) is 42.6 Å². The third-order valence-corrected chi connectivity index (χ3v) is 3.31. The zero-order chi connectivity index (χ0) is 17.4. The first-order valence-corrected chi connectivity index (χ1v) is 7.97. The maximum absolute atomic E-state index is 12.2. The molecule has 1 heterocycles. The second kappa shape index (κ2) is 8.88. The number of rotatable bonds is 8. The molecule has 6 nitrogen and oxygen atoms in total. The Balaban J connectivity index is 1.89. The van der Waals surface area contributed by atoms with Gasteiger partial charge in [0.15, 0.2) is 0 Å². The summed E-state index contributed by atoms with van der Waals surface area (Å²) in [6, 6.07) is 10.9. The van der Waals surface area contributed by atoms with Gasteiger partial charge in [0.1, 0.15) is 11.6 Å². The minimum Gasteiger partial charge on any atom is -0.494 e. The third-order valence-electron chi connectivity index (χ3n) is 3.31. The molecule has 24 heavy (non-hydrogen) atoms. The molecule has 0 saturated carbocycles. The maximum Gasteiger partial charge on any atom is 0.257 e. The SMILES string of the molecule is CCOc1ccc(NC(=O)c2ccc(NCCN(C)C)nc2)cc1. The molecule has 0 spiro atoms. The molecule has 0 aliphatic rings. The van der Waals surface area contributed by atoms with Crippen molar-refractivity contribution in [3.8, 4) is 5.75 Å². The maximum atomic E-state index is 12.2. The minimum absolute atomic E-state index is 0.188. The Labute approximate surface area is 142 Å². The summed E-state index contributed by atoms with van der Waals surface area (Å²) in [7, 11) is 4.03. The van der Waals surface area contributed by atoms with E-state index < -0.39 is 0 Å². The second-order valence-corrected chi connectivity index (χ2v) is 5.57. The van der Waals surface area contributed by atoms with Crippen molar-refractivity contribution in [3.63, 3.8) is 0 Å². The summed E-state index contributed by atoms with van der Waals surface area (Å²) in [5, 5.41) is 6.06. The lowest BCUT2D eigenvalue weighted by Gasteiger charge is -2.11. The molecule has 1 amide bonds. The molecule has 0 fully saturated rings. The summed E-state index contributed by atoms with van der Waals surface area (Å²) in [5.74, 6) is 1.35. The van der Waals surface area contributed by atoms with Gasteiger partial charge in [-0.2, -0.15) is 0 Å². The second-order valence-electron chi connectivity index (χ2n) is 5.57. The molecule has 128 valence electrons. The number of aromatic nitrogens is 1. The topological polar surface area (TPSA) is 66.5 Å². The molecule has 0 unspecified atom stereocenters. The van der Waals surface area contributed by atoms with E-state index in [1.54, 1.807) is 12.3 Å². The van der Waals surface area contributed by atoms with Crippen LogP contribution in [0.25, 0.3) is 0 Å². The van der Waals surface area contributed by atoms with Crippen molar-refractivity contribution in [1.82, 2.24) is 9.88 Å². The van der Waals surface area contributed by atoms with Crippen LogP contribution in [0.2, 0.25) is 0 Å². The molecule has 2 rings (SSSR count). The van der Waals surface area contributed by atoms with Gasteiger partial charge in [0, 0.05) is 25.0 Å². The number of hydrogen-bond acceptors (Lipinski definition) is 5. The predicted octanol–water partition coefficient (Wildman–Crippen LogP) is 2.71. The number of anilines is 2. The largest absolute Gasteiger partial charge is 0.494 e. The van der Waals surface area contributed by atoms with Gasteiger partial charge in [-0.1, -0.05) is 0 Å². The van der Waals surface area contributed by atoms with Gasteiger partial charge >= 0.3 is 0 Å². The Hall–Kier alpha value is -2.60. The van der Waals surface area contributed by atoms with Crippen molar-refractivity contribution in [2.24, 2.45) is 0 Å². The molecule has 2 aromatic rings. The average Bonchev–Trinajstić information content (AvgIpc) is 2.57. The summed E-state index contributed by atoms with van der Waals surface area (Å²) in [5.41, 5.74) is 1.23. The Morgan fingerprint density at radius 2 is 1.92 bits per heavy atom. The molecule has 0 radical (unpaired) electrons. The van der Waals surface area contributed by atoms with Gasteiger partial charge in [0.25, 0.3) is 5.91 Å². The summed E-state index contributed by atoms with van der Waals surface area (Å²) in [6.07, 6.45) is 1.57. The van der Waals surface area contributed by atoms with Gasteiger partial charge in [-0.25, -0.2) is 4.98 Å². The molecule has 0 aliphatic heterocycles. The van der Waals surface area contributed by atoms with Crippen LogP contribution in [0.4, 0.5) is 11.5 Å². The van der Waals surface area contributed by atoms with Crippen LogP contribution in [0.3, 0.4) is 0 Å². The van der Waals surface area contributed by atoms with Crippen LogP contribution in [0.5, 0.6) is 5.75 Å². The average molecular weight is 328 g/mol. The fourth-order valence-electron chi connectivity index (χ4n) is 2.04. The molecular formula is C18H24N4O2. The number of carbonyl (C=O) groups excluding carboxylic acids is 1. The smallest absolute Gasteiger partial charge is 0.257 e. The molecule has 0 aliphatic carbocycles. The fourth-order valence-corrected chi connectivity index (χ4v) is 2.04. The normalized spacial score (nSPS) is 10.5. The molecule has 6 heteroatoms. The highest BCUT2D eigenvalue weighted by molar-refractivity contribution is 6.04. The summed E-state index contributed by atoms with van der Waals surface area (Å²) >= 11 is 0. The van der Waals surface area contributed by atoms with Crippen LogP contribution in [-0.2, 0) is 0 Å². The van der Waals surface area contributed by atoms with E-state index >= 15 is 0 Å². The lowest BCUT2D eigenvalue weighted by Crippen LogP contribution is -2.21. The van der Waals surface area contributed by atoms with Gasteiger partial charge in [-0.3, -0.25) is 4.79 Å². The van der Waals surface area contributed by atoms with Crippen LogP contribution < -0.4 is 15.4 Å². The summed E-state index contributed by atoms with van der Waals surface area (Å²) in [4.78, 5) is 18.6. The molecule has 0 bridgehead atoms. The minimum atomic E-state index is -0.188. The van der Waals surface area contributed by atoms with Crippen molar-refractivity contribution in [2.45, 2.75) is 6.92 Å². The lowest BCUT2D eigenvalue weighted by atomic mass is 10.2. The molecule has 1 aromatic heterocycles. The molecular weight excluding hydrogens is 304 g/mol. The van der Waals surface area contributed by atoms with Crippen LogP contribution in [-0.4, -0.2) is 49.6 Å². The first-order valence-electron chi connectivity index (χ1n) is 7.97.